The summed E-state index contributed by atoms with van der Waals surface area (Å²) >= 11 is 5.62. The number of aryl methyl sites for hydroxylation is 1. The molecule has 0 radical (unpaired) electrons. The van der Waals surface area contributed by atoms with E-state index in [9.17, 15) is 4.39 Å². The van der Waals surface area contributed by atoms with Crippen LogP contribution in [-0.4, -0.2) is 9.97 Å². The number of nitrogens with zero attached hydrogens (tertiary/aromatic N) is 2. The molecule has 2 rings (SSSR count). The van der Waals surface area contributed by atoms with Gasteiger partial charge >= 0.3 is 0 Å². The highest BCUT2D eigenvalue weighted by Crippen LogP contribution is 2.18. The van der Waals surface area contributed by atoms with Gasteiger partial charge in [0.1, 0.15) is 11.6 Å². The molecule has 4 heteroatoms. The fourth-order valence-corrected chi connectivity index (χ4v) is 1.56. The zero-order valence-corrected chi connectivity index (χ0v) is 8.35. The lowest BCUT2D eigenvalue weighted by molar-refractivity contribution is 0.638. The molecule has 0 amide bonds. The van der Waals surface area contributed by atoms with Gasteiger partial charge in [-0.1, -0.05) is 6.07 Å². The van der Waals surface area contributed by atoms with Crippen molar-refractivity contribution in [2.75, 3.05) is 0 Å². The first kappa shape index (κ1) is 9.34. The normalized spacial score (nSPS) is 10.8. The molecule has 2 nitrogen and oxygen atoms in total. The molecule has 1 aromatic heterocycles. The second-order valence-corrected chi connectivity index (χ2v) is 3.26. The molecular formula is C10H8ClFN2. The molecule has 0 saturated heterocycles. The number of rotatable bonds is 1. The Morgan fingerprint density at radius 1 is 1.36 bits per heavy atom. The quantitative estimate of drug-likeness (QED) is 0.677. The van der Waals surface area contributed by atoms with E-state index in [2.05, 4.69) is 9.97 Å². The highest BCUT2D eigenvalue weighted by Gasteiger charge is 2.07. The minimum Gasteiger partial charge on any atom is -0.236 e. The van der Waals surface area contributed by atoms with E-state index < -0.39 is 0 Å². The predicted molar refractivity (Wildman–Crippen MR) is 53.8 cm³/mol. The molecule has 0 bridgehead atoms. The van der Waals surface area contributed by atoms with E-state index in [4.69, 9.17) is 11.6 Å². The number of hydrogen-bond acceptors (Lipinski definition) is 2. The van der Waals surface area contributed by atoms with Gasteiger partial charge in [0.2, 0.25) is 0 Å². The van der Waals surface area contributed by atoms with Crippen molar-refractivity contribution in [1.82, 2.24) is 9.97 Å². The van der Waals surface area contributed by atoms with Gasteiger partial charge in [-0.3, -0.25) is 0 Å². The number of halogens is 2. The van der Waals surface area contributed by atoms with Crippen molar-refractivity contribution in [2.24, 2.45) is 0 Å². The Hall–Kier alpha value is -1.22. The minimum absolute atomic E-state index is 0.243. The van der Waals surface area contributed by atoms with Crippen LogP contribution in [0.5, 0.6) is 0 Å². The summed E-state index contributed by atoms with van der Waals surface area (Å²) in [7, 11) is 0. The molecule has 2 aromatic rings. The summed E-state index contributed by atoms with van der Waals surface area (Å²) in [4.78, 5) is 8.23. The lowest BCUT2D eigenvalue weighted by atomic mass is 10.2. The first-order valence-electron chi connectivity index (χ1n) is 4.20. The zero-order chi connectivity index (χ0) is 10.1. The van der Waals surface area contributed by atoms with Crippen molar-refractivity contribution in [2.45, 2.75) is 12.8 Å². The Bertz CT molecular complexity index is 485. The van der Waals surface area contributed by atoms with Crippen LogP contribution in [0.15, 0.2) is 18.2 Å². The monoisotopic (exact) mass is 210 g/mol. The lowest BCUT2D eigenvalue weighted by Crippen LogP contribution is -1.97. The highest BCUT2D eigenvalue weighted by atomic mass is 35.5. The van der Waals surface area contributed by atoms with Crippen molar-refractivity contribution in [3.05, 3.63) is 35.5 Å². The van der Waals surface area contributed by atoms with Gasteiger partial charge in [0.25, 0.3) is 0 Å². The Kier molecular flexibility index (Phi) is 2.33. The molecule has 1 aromatic carbocycles. The number of fused-ring (bicyclic) bond motifs is 1. The maximum absolute atomic E-state index is 13.4. The van der Waals surface area contributed by atoms with Crippen LogP contribution in [0.4, 0.5) is 4.39 Å². The van der Waals surface area contributed by atoms with E-state index in [1.807, 2.05) is 0 Å². The molecule has 0 unspecified atom stereocenters. The third-order valence-corrected chi connectivity index (χ3v) is 2.26. The van der Waals surface area contributed by atoms with Crippen molar-refractivity contribution in [3.63, 3.8) is 0 Å². The molecule has 0 aliphatic heterocycles. The van der Waals surface area contributed by atoms with Gasteiger partial charge in [-0.15, -0.1) is 11.6 Å². The van der Waals surface area contributed by atoms with Crippen molar-refractivity contribution in [3.8, 4) is 0 Å². The van der Waals surface area contributed by atoms with E-state index in [1.54, 1.807) is 19.1 Å². The van der Waals surface area contributed by atoms with E-state index >= 15 is 0 Å². The van der Waals surface area contributed by atoms with Gasteiger partial charge < -0.3 is 0 Å². The average Bonchev–Trinajstić information content (AvgIpc) is 2.17. The van der Waals surface area contributed by atoms with E-state index in [0.717, 1.165) is 0 Å². The van der Waals surface area contributed by atoms with Crippen LogP contribution in [0, 0.1) is 12.7 Å². The first-order valence-corrected chi connectivity index (χ1v) is 4.73. The van der Waals surface area contributed by atoms with E-state index in [-0.39, 0.29) is 11.7 Å². The van der Waals surface area contributed by atoms with Gasteiger partial charge in [0.15, 0.2) is 0 Å². The van der Waals surface area contributed by atoms with Crippen LogP contribution in [0.3, 0.4) is 0 Å². The third-order valence-electron chi connectivity index (χ3n) is 2.02. The maximum Gasteiger partial charge on any atom is 0.144 e. The smallest absolute Gasteiger partial charge is 0.144 e. The molecule has 14 heavy (non-hydrogen) atoms. The van der Waals surface area contributed by atoms with Gasteiger partial charge in [0.05, 0.1) is 22.5 Å². The SMILES string of the molecule is Cc1nc(CCl)nc2cccc(F)c12. The summed E-state index contributed by atoms with van der Waals surface area (Å²) in [6, 6.07) is 4.78. The van der Waals surface area contributed by atoms with Crippen LogP contribution in [0.25, 0.3) is 10.9 Å². The fraction of sp³-hybridized carbons (Fsp3) is 0.200. The van der Waals surface area contributed by atoms with Crippen LogP contribution in [0.1, 0.15) is 11.5 Å². The molecule has 0 atom stereocenters. The van der Waals surface area contributed by atoms with Gasteiger partial charge in [0, 0.05) is 0 Å². The topological polar surface area (TPSA) is 25.8 Å². The zero-order valence-electron chi connectivity index (χ0n) is 7.59. The molecule has 0 saturated carbocycles. The molecule has 0 fully saturated rings. The average molecular weight is 211 g/mol. The standard InChI is InChI=1S/C10H8ClFN2/c1-6-10-7(12)3-2-4-8(10)14-9(5-11)13-6/h2-4H,5H2,1H3. The number of aromatic nitrogens is 2. The van der Waals surface area contributed by atoms with Gasteiger partial charge in [-0.2, -0.15) is 0 Å². The molecule has 72 valence electrons. The number of benzene rings is 1. The molecule has 0 aliphatic rings. The first-order chi connectivity index (χ1) is 6.72. The molecule has 1 heterocycles. The summed E-state index contributed by atoms with van der Waals surface area (Å²) in [6.07, 6.45) is 0. The lowest BCUT2D eigenvalue weighted by Gasteiger charge is -2.03. The largest absolute Gasteiger partial charge is 0.236 e. The maximum atomic E-state index is 13.4. The number of hydrogen-bond donors (Lipinski definition) is 0. The van der Waals surface area contributed by atoms with Crippen LogP contribution >= 0.6 is 11.6 Å². The minimum atomic E-state index is -0.291. The van der Waals surface area contributed by atoms with Crippen molar-refractivity contribution >= 4 is 22.5 Å². The summed E-state index contributed by atoms with van der Waals surface area (Å²) < 4.78 is 13.4. The molecular weight excluding hydrogens is 203 g/mol. The Balaban J connectivity index is 2.83. The van der Waals surface area contributed by atoms with Gasteiger partial charge in [-0.05, 0) is 19.1 Å². The summed E-state index contributed by atoms with van der Waals surface area (Å²) in [6.45, 7) is 1.75. The second-order valence-electron chi connectivity index (χ2n) is 2.99. The van der Waals surface area contributed by atoms with E-state index in [0.29, 0.717) is 22.4 Å². The molecule has 0 N–H and O–H groups in total. The molecule has 0 spiro atoms. The van der Waals surface area contributed by atoms with Crippen LogP contribution in [-0.2, 0) is 5.88 Å². The van der Waals surface area contributed by atoms with Crippen molar-refractivity contribution < 1.29 is 4.39 Å². The predicted octanol–water partition coefficient (Wildman–Crippen LogP) is 2.82. The third kappa shape index (κ3) is 1.44. The molecule has 0 aliphatic carbocycles. The van der Waals surface area contributed by atoms with Crippen molar-refractivity contribution in [1.29, 1.82) is 0 Å². The van der Waals surface area contributed by atoms with Crippen LogP contribution < -0.4 is 0 Å². The Morgan fingerprint density at radius 2 is 2.14 bits per heavy atom. The Morgan fingerprint density at radius 3 is 2.86 bits per heavy atom. The number of alkyl halides is 1. The summed E-state index contributed by atoms with van der Waals surface area (Å²) in [5.74, 6) is 0.483. The summed E-state index contributed by atoms with van der Waals surface area (Å²) in [5, 5.41) is 0.473. The highest BCUT2D eigenvalue weighted by molar-refractivity contribution is 6.16. The second kappa shape index (κ2) is 3.50. The fourth-order valence-electron chi connectivity index (χ4n) is 1.44. The Labute approximate surface area is 85.8 Å². The van der Waals surface area contributed by atoms with E-state index in [1.165, 1.54) is 6.07 Å². The summed E-state index contributed by atoms with van der Waals surface area (Å²) in [5.41, 5.74) is 1.23. The van der Waals surface area contributed by atoms with Gasteiger partial charge in [-0.25, -0.2) is 14.4 Å². The van der Waals surface area contributed by atoms with Crippen LogP contribution in [0.2, 0.25) is 0 Å².